The minimum atomic E-state index is -0.466. The average molecular weight is 128 g/mol. The van der Waals surface area contributed by atoms with Crippen molar-refractivity contribution in [1.29, 1.82) is 0 Å². The standard InChI is InChI=1S/C6H8O3/c1-3-6(7)9-5-4-8-2/h2-3H,1,4-5H2. The van der Waals surface area contributed by atoms with Gasteiger partial charge in [0.05, 0.1) is 6.61 Å². The predicted octanol–water partition coefficient (Wildman–Crippen LogP) is 0.401. The van der Waals surface area contributed by atoms with Crippen LogP contribution in [0.15, 0.2) is 12.7 Å². The van der Waals surface area contributed by atoms with Crippen LogP contribution in [0, 0.1) is 7.11 Å². The van der Waals surface area contributed by atoms with Crippen LogP contribution in [0.1, 0.15) is 0 Å². The van der Waals surface area contributed by atoms with Crippen LogP contribution in [-0.2, 0) is 14.3 Å². The Morgan fingerprint density at radius 2 is 2.33 bits per heavy atom. The molecule has 0 spiro atoms. The maximum atomic E-state index is 10.2. The van der Waals surface area contributed by atoms with Gasteiger partial charge in [0.15, 0.2) is 0 Å². The Kier molecular flexibility index (Phi) is 4.82. The summed E-state index contributed by atoms with van der Waals surface area (Å²) in [5, 5.41) is 0. The van der Waals surface area contributed by atoms with Gasteiger partial charge in [0.25, 0.3) is 0 Å². The van der Waals surface area contributed by atoms with Crippen LogP contribution in [0.2, 0.25) is 0 Å². The molecule has 3 nitrogen and oxygen atoms in total. The highest BCUT2D eigenvalue weighted by Crippen LogP contribution is 1.78. The largest absolute Gasteiger partial charge is 0.460 e. The molecule has 0 unspecified atom stereocenters. The average Bonchev–Trinajstić information content (AvgIpc) is 1.89. The van der Waals surface area contributed by atoms with E-state index in [9.17, 15) is 4.79 Å². The molecule has 3 heteroatoms. The van der Waals surface area contributed by atoms with Crippen molar-refractivity contribution in [1.82, 2.24) is 0 Å². The molecule has 0 atom stereocenters. The van der Waals surface area contributed by atoms with E-state index >= 15 is 0 Å². The Balaban J connectivity index is 3.07. The molecule has 0 heterocycles. The van der Waals surface area contributed by atoms with E-state index in [2.05, 4.69) is 23.2 Å². The molecular weight excluding hydrogens is 120 g/mol. The van der Waals surface area contributed by atoms with Crippen LogP contribution in [0.5, 0.6) is 0 Å². The predicted molar refractivity (Wildman–Crippen MR) is 31.4 cm³/mol. The molecule has 0 amide bonds. The van der Waals surface area contributed by atoms with Crippen molar-refractivity contribution in [2.45, 2.75) is 0 Å². The third-order valence-electron chi connectivity index (χ3n) is 0.612. The summed E-state index contributed by atoms with van der Waals surface area (Å²) in [6.45, 7) is 3.57. The lowest BCUT2D eigenvalue weighted by atomic mass is 10.6. The van der Waals surface area contributed by atoms with E-state index in [-0.39, 0.29) is 13.2 Å². The molecule has 0 saturated heterocycles. The second-order valence-corrected chi connectivity index (χ2v) is 1.24. The molecule has 0 aromatic heterocycles. The quantitative estimate of drug-likeness (QED) is 0.312. The van der Waals surface area contributed by atoms with Crippen molar-refractivity contribution < 1.29 is 14.3 Å². The highest BCUT2D eigenvalue weighted by molar-refractivity contribution is 5.81. The first-order chi connectivity index (χ1) is 4.31. The number of esters is 1. The Labute approximate surface area is 54.3 Å². The topological polar surface area (TPSA) is 35.5 Å². The lowest BCUT2D eigenvalue weighted by Crippen LogP contribution is -2.05. The highest BCUT2D eigenvalue weighted by Gasteiger charge is 1.91. The zero-order valence-electron chi connectivity index (χ0n) is 5.00. The summed E-state index contributed by atoms with van der Waals surface area (Å²) < 4.78 is 8.59. The number of ether oxygens (including phenoxy) is 2. The lowest BCUT2D eigenvalue weighted by molar-refractivity contribution is -0.138. The van der Waals surface area contributed by atoms with Crippen LogP contribution >= 0.6 is 0 Å². The van der Waals surface area contributed by atoms with Crippen LogP contribution < -0.4 is 0 Å². The lowest BCUT2D eigenvalue weighted by Gasteiger charge is -1.97. The second-order valence-electron chi connectivity index (χ2n) is 1.24. The maximum absolute atomic E-state index is 10.2. The van der Waals surface area contributed by atoms with Crippen LogP contribution in [-0.4, -0.2) is 19.2 Å². The van der Waals surface area contributed by atoms with Crippen molar-refractivity contribution in [2.75, 3.05) is 13.2 Å². The Bertz CT molecular complexity index is 98.5. The first-order valence-electron chi connectivity index (χ1n) is 2.42. The number of carbonyl (C=O) groups is 1. The molecule has 0 aromatic carbocycles. The Hall–Kier alpha value is -0.830. The molecule has 50 valence electrons. The summed E-state index contributed by atoms with van der Waals surface area (Å²) in [5.74, 6) is -0.466. The highest BCUT2D eigenvalue weighted by atomic mass is 16.6. The molecule has 0 bridgehead atoms. The van der Waals surface area contributed by atoms with Gasteiger partial charge in [0.1, 0.15) is 13.7 Å². The van der Waals surface area contributed by atoms with Gasteiger partial charge in [-0.3, -0.25) is 0 Å². The van der Waals surface area contributed by atoms with Gasteiger partial charge in [-0.15, -0.1) is 0 Å². The van der Waals surface area contributed by atoms with E-state index in [1.54, 1.807) is 0 Å². The molecular formula is C6H8O3. The smallest absolute Gasteiger partial charge is 0.330 e. The van der Waals surface area contributed by atoms with Crippen molar-refractivity contribution >= 4 is 5.97 Å². The number of hydrogen-bond donors (Lipinski definition) is 0. The van der Waals surface area contributed by atoms with E-state index in [4.69, 9.17) is 0 Å². The number of hydrogen-bond acceptors (Lipinski definition) is 3. The van der Waals surface area contributed by atoms with Gasteiger partial charge in [-0.05, 0) is 0 Å². The fraction of sp³-hybridized carbons (Fsp3) is 0.333. The van der Waals surface area contributed by atoms with Crippen molar-refractivity contribution in [3.05, 3.63) is 19.8 Å². The first-order valence-corrected chi connectivity index (χ1v) is 2.42. The first kappa shape index (κ1) is 8.17. The monoisotopic (exact) mass is 128 g/mol. The molecule has 9 heavy (non-hydrogen) atoms. The van der Waals surface area contributed by atoms with Crippen LogP contribution in [0.25, 0.3) is 0 Å². The SMILES string of the molecule is [CH]OCCOC(=O)C=C. The third-order valence-corrected chi connectivity index (χ3v) is 0.612. The van der Waals surface area contributed by atoms with Gasteiger partial charge in [-0.25, -0.2) is 4.79 Å². The van der Waals surface area contributed by atoms with E-state index in [1.807, 2.05) is 0 Å². The van der Waals surface area contributed by atoms with E-state index < -0.39 is 5.97 Å². The van der Waals surface area contributed by atoms with Gasteiger partial charge in [-0.2, -0.15) is 0 Å². The zero-order chi connectivity index (χ0) is 7.11. The van der Waals surface area contributed by atoms with E-state index in [0.29, 0.717) is 0 Å². The van der Waals surface area contributed by atoms with Gasteiger partial charge < -0.3 is 9.47 Å². The second kappa shape index (κ2) is 5.31. The van der Waals surface area contributed by atoms with Crippen molar-refractivity contribution in [2.24, 2.45) is 0 Å². The molecule has 0 aromatic rings. The molecule has 0 fully saturated rings. The van der Waals surface area contributed by atoms with E-state index in [1.165, 1.54) is 0 Å². The normalized spacial score (nSPS) is 8.56. The minimum absolute atomic E-state index is 0.168. The van der Waals surface area contributed by atoms with Crippen LogP contribution in [0.3, 0.4) is 0 Å². The fourth-order valence-electron chi connectivity index (χ4n) is 0.249. The maximum Gasteiger partial charge on any atom is 0.330 e. The van der Waals surface area contributed by atoms with Crippen LogP contribution in [0.4, 0.5) is 0 Å². The van der Waals surface area contributed by atoms with Gasteiger partial charge in [-0.1, -0.05) is 6.58 Å². The summed E-state index contributed by atoms with van der Waals surface area (Å²) >= 11 is 0. The van der Waals surface area contributed by atoms with Gasteiger partial charge in [0.2, 0.25) is 0 Å². The van der Waals surface area contributed by atoms with Gasteiger partial charge >= 0.3 is 5.97 Å². The molecule has 0 N–H and O–H groups in total. The Morgan fingerprint density at radius 3 is 2.78 bits per heavy atom. The number of carbonyl (C=O) groups excluding carboxylic acids is 1. The zero-order valence-corrected chi connectivity index (χ0v) is 5.00. The van der Waals surface area contributed by atoms with Gasteiger partial charge in [0, 0.05) is 6.08 Å². The minimum Gasteiger partial charge on any atom is -0.460 e. The summed E-state index contributed by atoms with van der Waals surface area (Å²) in [5.41, 5.74) is 0. The summed E-state index contributed by atoms with van der Waals surface area (Å²) in [6, 6.07) is 0. The molecule has 0 aliphatic heterocycles. The summed E-state index contributed by atoms with van der Waals surface area (Å²) in [6.07, 6.45) is 1.08. The third kappa shape index (κ3) is 5.03. The summed E-state index contributed by atoms with van der Waals surface area (Å²) in [4.78, 5) is 10.2. The molecule has 0 aliphatic rings. The molecule has 0 aliphatic carbocycles. The number of rotatable bonds is 4. The van der Waals surface area contributed by atoms with Crippen molar-refractivity contribution in [3.8, 4) is 0 Å². The fourth-order valence-corrected chi connectivity index (χ4v) is 0.249. The molecule has 0 saturated carbocycles. The summed E-state index contributed by atoms with van der Waals surface area (Å²) in [7, 11) is 4.64. The Morgan fingerprint density at radius 1 is 1.67 bits per heavy atom. The van der Waals surface area contributed by atoms with Crippen molar-refractivity contribution in [3.63, 3.8) is 0 Å². The van der Waals surface area contributed by atoms with E-state index in [0.717, 1.165) is 6.08 Å². The molecule has 0 rings (SSSR count). The molecule has 2 radical (unpaired) electrons.